The molecule has 1 N–H and O–H groups in total. The summed E-state index contributed by atoms with van der Waals surface area (Å²) in [4.78, 5) is 26.8. The zero-order chi connectivity index (χ0) is 13.7. The predicted molar refractivity (Wildman–Crippen MR) is 66.0 cm³/mol. The maximum absolute atomic E-state index is 11.0. The van der Waals surface area contributed by atoms with Gasteiger partial charge in [0.1, 0.15) is 0 Å². The van der Waals surface area contributed by atoms with Crippen molar-refractivity contribution in [2.45, 2.75) is 20.3 Å². The zero-order valence-corrected chi connectivity index (χ0v) is 10.3. The number of aromatic nitrogens is 1. The number of nitro groups is 1. The molecule has 1 rings (SSSR count). The minimum absolute atomic E-state index is 0.182. The lowest BCUT2D eigenvalue weighted by Gasteiger charge is -2.20. The van der Waals surface area contributed by atoms with Crippen molar-refractivity contribution in [2.75, 3.05) is 18.0 Å². The molecule has 0 aliphatic heterocycles. The van der Waals surface area contributed by atoms with Crippen molar-refractivity contribution in [2.24, 2.45) is 0 Å². The maximum Gasteiger partial charge on any atom is 0.337 e. The van der Waals surface area contributed by atoms with Crippen molar-refractivity contribution in [3.63, 3.8) is 0 Å². The first kappa shape index (κ1) is 13.9. The molecule has 0 amide bonds. The van der Waals surface area contributed by atoms with Gasteiger partial charge in [0.05, 0.1) is 10.5 Å². The van der Waals surface area contributed by atoms with E-state index in [-0.39, 0.29) is 17.1 Å². The molecule has 0 fully saturated rings. The van der Waals surface area contributed by atoms with E-state index in [1.165, 1.54) is 0 Å². The topological polar surface area (TPSA) is 96.6 Å². The summed E-state index contributed by atoms with van der Waals surface area (Å²) >= 11 is 0. The molecule has 0 saturated heterocycles. The van der Waals surface area contributed by atoms with E-state index in [4.69, 9.17) is 5.11 Å². The van der Waals surface area contributed by atoms with Gasteiger partial charge in [0.2, 0.25) is 5.82 Å². The lowest BCUT2D eigenvalue weighted by molar-refractivity contribution is -0.384. The van der Waals surface area contributed by atoms with Crippen LogP contribution >= 0.6 is 0 Å². The fourth-order valence-corrected chi connectivity index (χ4v) is 1.62. The quantitative estimate of drug-likeness (QED) is 0.614. The molecule has 0 radical (unpaired) electrons. The number of hydrogen-bond acceptors (Lipinski definition) is 5. The highest BCUT2D eigenvalue weighted by molar-refractivity contribution is 5.88. The Kier molecular flexibility index (Phi) is 4.59. The Hall–Kier alpha value is -2.18. The van der Waals surface area contributed by atoms with Crippen molar-refractivity contribution in [3.8, 4) is 0 Å². The SMILES string of the molecule is CCCN(CC)c1ncc(C(=O)O)cc1[N+](=O)[O-]. The molecule has 0 aliphatic carbocycles. The highest BCUT2D eigenvalue weighted by Crippen LogP contribution is 2.26. The summed E-state index contributed by atoms with van der Waals surface area (Å²) in [5.41, 5.74) is -0.455. The third kappa shape index (κ3) is 2.93. The lowest BCUT2D eigenvalue weighted by Crippen LogP contribution is -2.25. The molecule has 0 unspecified atom stereocenters. The van der Waals surface area contributed by atoms with E-state index in [1.54, 1.807) is 4.90 Å². The molecule has 1 aromatic rings. The first-order valence-electron chi connectivity index (χ1n) is 5.63. The second kappa shape index (κ2) is 5.95. The van der Waals surface area contributed by atoms with E-state index in [0.717, 1.165) is 18.7 Å². The van der Waals surface area contributed by atoms with Crippen molar-refractivity contribution in [3.05, 3.63) is 27.9 Å². The Morgan fingerprint density at radius 1 is 1.56 bits per heavy atom. The Morgan fingerprint density at radius 2 is 2.22 bits per heavy atom. The number of rotatable bonds is 6. The van der Waals surface area contributed by atoms with Crippen LogP contribution in [0.5, 0.6) is 0 Å². The van der Waals surface area contributed by atoms with Gasteiger partial charge in [-0.25, -0.2) is 9.78 Å². The van der Waals surface area contributed by atoms with Gasteiger partial charge in [0.25, 0.3) is 0 Å². The van der Waals surface area contributed by atoms with Crippen LogP contribution in [-0.2, 0) is 0 Å². The molecule has 0 aliphatic rings. The zero-order valence-electron chi connectivity index (χ0n) is 10.3. The third-order valence-corrected chi connectivity index (χ3v) is 2.47. The summed E-state index contributed by atoms with van der Waals surface area (Å²) in [5.74, 6) is -1.01. The van der Waals surface area contributed by atoms with Crippen LogP contribution in [0.1, 0.15) is 30.6 Å². The van der Waals surface area contributed by atoms with Crippen LogP contribution in [0.25, 0.3) is 0 Å². The van der Waals surface area contributed by atoms with Gasteiger partial charge < -0.3 is 10.0 Å². The number of aromatic carboxylic acids is 1. The average Bonchev–Trinajstić information content (AvgIpc) is 2.35. The number of carboxylic acids is 1. The highest BCUT2D eigenvalue weighted by Gasteiger charge is 2.22. The van der Waals surface area contributed by atoms with Crippen LogP contribution in [0.2, 0.25) is 0 Å². The molecular weight excluding hydrogens is 238 g/mol. The molecule has 18 heavy (non-hydrogen) atoms. The number of anilines is 1. The van der Waals surface area contributed by atoms with Crippen LogP contribution in [0.4, 0.5) is 11.5 Å². The third-order valence-electron chi connectivity index (χ3n) is 2.47. The normalized spacial score (nSPS) is 10.1. The summed E-state index contributed by atoms with van der Waals surface area (Å²) in [6.45, 7) is 5.04. The molecule has 1 aromatic heterocycles. The first-order valence-corrected chi connectivity index (χ1v) is 5.63. The highest BCUT2D eigenvalue weighted by atomic mass is 16.6. The largest absolute Gasteiger partial charge is 0.478 e. The maximum atomic E-state index is 11.0. The number of carboxylic acid groups (broad SMARTS) is 1. The van der Waals surface area contributed by atoms with Crippen molar-refractivity contribution < 1.29 is 14.8 Å². The Bertz CT molecular complexity index is 462. The molecule has 0 saturated carbocycles. The lowest BCUT2D eigenvalue weighted by atomic mass is 10.2. The molecule has 7 nitrogen and oxygen atoms in total. The Labute approximate surface area is 104 Å². The summed E-state index contributed by atoms with van der Waals surface area (Å²) < 4.78 is 0. The van der Waals surface area contributed by atoms with Gasteiger partial charge in [-0.05, 0) is 13.3 Å². The van der Waals surface area contributed by atoms with Crippen LogP contribution in [-0.4, -0.2) is 34.1 Å². The Balaban J connectivity index is 3.26. The van der Waals surface area contributed by atoms with Crippen molar-refractivity contribution in [1.82, 2.24) is 4.98 Å². The van der Waals surface area contributed by atoms with Crippen LogP contribution in [0.15, 0.2) is 12.3 Å². The van der Waals surface area contributed by atoms with Gasteiger partial charge in [0.15, 0.2) is 0 Å². The molecule has 7 heteroatoms. The molecule has 1 heterocycles. The molecular formula is C11H15N3O4. The predicted octanol–water partition coefficient (Wildman–Crippen LogP) is 1.92. The minimum atomic E-state index is -1.23. The van der Waals surface area contributed by atoms with Crippen LogP contribution < -0.4 is 4.90 Å². The average molecular weight is 253 g/mol. The first-order chi connectivity index (χ1) is 8.51. The molecule has 0 bridgehead atoms. The van der Waals surface area contributed by atoms with E-state index in [2.05, 4.69) is 4.98 Å². The van der Waals surface area contributed by atoms with Gasteiger partial charge in [-0.2, -0.15) is 0 Å². The smallest absolute Gasteiger partial charge is 0.337 e. The summed E-state index contributed by atoms with van der Waals surface area (Å²) in [7, 11) is 0. The summed E-state index contributed by atoms with van der Waals surface area (Å²) in [6.07, 6.45) is 1.97. The van der Waals surface area contributed by atoms with Crippen LogP contribution in [0.3, 0.4) is 0 Å². The summed E-state index contributed by atoms with van der Waals surface area (Å²) in [5, 5.41) is 19.8. The summed E-state index contributed by atoms with van der Waals surface area (Å²) in [6, 6.07) is 1.04. The van der Waals surface area contributed by atoms with E-state index in [0.29, 0.717) is 13.1 Å². The second-order valence-corrected chi connectivity index (χ2v) is 3.71. The molecule has 0 aromatic carbocycles. The van der Waals surface area contributed by atoms with Gasteiger partial charge in [0, 0.05) is 25.4 Å². The standard InChI is InChI=1S/C11H15N3O4/c1-3-5-13(4-2)10-9(14(17)18)6-8(7-12-10)11(15)16/h6-7H,3-5H2,1-2H3,(H,15,16). The second-order valence-electron chi connectivity index (χ2n) is 3.71. The fraction of sp³-hybridized carbons (Fsp3) is 0.455. The van der Waals surface area contributed by atoms with Gasteiger partial charge >= 0.3 is 11.7 Å². The number of nitrogens with zero attached hydrogens (tertiary/aromatic N) is 3. The molecule has 98 valence electrons. The number of carbonyl (C=O) groups is 1. The Morgan fingerprint density at radius 3 is 2.67 bits per heavy atom. The van der Waals surface area contributed by atoms with Gasteiger partial charge in [-0.15, -0.1) is 0 Å². The monoisotopic (exact) mass is 253 g/mol. The van der Waals surface area contributed by atoms with Crippen LogP contribution in [0, 0.1) is 10.1 Å². The van der Waals surface area contributed by atoms with Crippen molar-refractivity contribution >= 4 is 17.5 Å². The molecule has 0 spiro atoms. The fourth-order valence-electron chi connectivity index (χ4n) is 1.62. The number of pyridine rings is 1. The van der Waals surface area contributed by atoms with Gasteiger partial charge in [-0.1, -0.05) is 6.92 Å². The number of hydrogen-bond donors (Lipinski definition) is 1. The van der Waals surface area contributed by atoms with Gasteiger partial charge in [-0.3, -0.25) is 10.1 Å². The van der Waals surface area contributed by atoms with E-state index in [1.807, 2.05) is 13.8 Å². The van der Waals surface area contributed by atoms with E-state index >= 15 is 0 Å². The van der Waals surface area contributed by atoms with E-state index in [9.17, 15) is 14.9 Å². The van der Waals surface area contributed by atoms with Crippen molar-refractivity contribution in [1.29, 1.82) is 0 Å². The van der Waals surface area contributed by atoms with E-state index < -0.39 is 10.9 Å². The minimum Gasteiger partial charge on any atom is -0.478 e. The molecule has 0 atom stereocenters.